The van der Waals surface area contributed by atoms with Crippen LogP contribution in [0.3, 0.4) is 0 Å². The van der Waals surface area contributed by atoms with Gasteiger partial charge in [0.25, 0.3) is 0 Å². The second kappa shape index (κ2) is 5.91. The van der Waals surface area contributed by atoms with Crippen LogP contribution >= 0.6 is 11.6 Å². The Labute approximate surface area is 122 Å². The van der Waals surface area contributed by atoms with Crippen molar-refractivity contribution in [3.63, 3.8) is 0 Å². The van der Waals surface area contributed by atoms with Gasteiger partial charge in [-0.1, -0.05) is 11.6 Å². The number of halogens is 1. The van der Waals surface area contributed by atoms with Gasteiger partial charge >= 0.3 is 0 Å². The van der Waals surface area contributed by atoms with Crippen molar-refractivity contribution in [1.29, 1.82) is 0 Å². The molecule has 0 amide bonds. The van der Waals surface area contributed by atoms with Gasteiger partial charge in [0.15, 0.2) is 0 Å². The molecular weight excluding hydrogens is 276 g/mol. The monoisotopic (exact) mass is 292 g/mol. The smallest absolute Gasteiger partial charge is 0.247 e. The number of nitrogens with one attached hydrogen (secondary N) is 1. The van der Waals surface area contributed by atoms with Gasteiger partial charge in [0.2, 0.25) is 11.8 Å². The van der Waals surface area contributed by atoms with Crippen molar-refractivity contribution in [3.05, 3.63) is 35.2 Å². The third-order valence-electron chi connectivity index (χ3n) is 3.37. The number of aromatic nitrogens is 2. The Morgan fingerprint density at radius 2 is 2.15 bits per heavy atom. The molecule has 1 fully saturated rings. The van der Waals surface area contributed by atoms with Gasteiger partial charge in [-0.15, -0.1) is 10.2 Å². The van der Waals surface area contributed by atoms with Crippen LogP contribution in [-0.4, -0.2) is 40.8 Å². The fraction of sp³-hybridized carbons (Fsp3) is 0.429. The molecule has 0 radical (unpaired) electrons. The minimum atomic E-state index is 0.502. The lowest BCUT2D eigenvalue weighted by molar-refractivity contribution is 0.184. The number of rotatable bonds is 3. The van der Waals surface area contributed by atoms with E-state index >= 15 is 0 Å². The van der Waals surface area contributed by atoms with Gasteiger partial charge in [-0.05, 0) is 31.2 Å². The summed E-state index contributed by atoms with van der Waals surface area (Å²) in [5.41, 5.74) is 0.891. The lowest BCUT2D eigenvalue weighted by Gasteiger charge is -2.30. The van der Waals surface area contributed by atoms with E-state index in [1.165, 1.54) is 0 Å². The van der Waals surface area contributed by atoms with Gasteiger partial charge in [-0.3, -0.25) is 4.90 Å². The largest absolute Gasteiger partial charge is 0.419 e. The summed E-state index contributed by atoms with van der Waals surface area (Å²) in [7, 11) is 0. The SMILES string of the molecule is C[C@@H]1CN(Cc2nnc(-c3ccc(Cl)cc3)o2)CCN1. The van der Waals surface area contributed by atoms with Crippen molar-refractivity contribution in [2.45, 2.75) is 19.5 Å². The zero-order chi connectivity index (χ0) is 13.9. The molecule has 2 heterocycles. The number of hydrogen-bond acceptors (Lipinski definition) is 5. The second-order valence-electron chi connectivity index (χ2n) is 5.10. The molecule has 1 atom stereocenters. The minimum absolute atomic E-state index is 0.502. The van der Waals surface area contributed by atoms with Crippen molar-refractivity contribution in [2.24, 2.45) is 0 Å². The zero-order valence-electron chi connectivity index (χ0n) is 11.3. The van der Waals surface area contributed by atoms with Crippen molar-refractivity contribution >= 4 is 11.6 Å². The topological polar surface area (TPSA) is 54.2 Å². The first kappa shape index (κ1) is 13.5. The standard InChI is InChI=1S/C14H17ClN4O/c1-10-8-19(7-6-16-10)9-13-17-18-14(20-13)11-2-4-12(15)5-3-11/h2-5,10,16H,6-9H2,1H3/t10-/m1/s1. The maximum Gasteiger partial charge on any atom is 0.247 e. The molecular formula is C14H17ClN4O. The summed E-state index contributed by atoms with van der Waals surface area (Å²) >= 11 is 5.87. The number of nitrogens with zero attached hydrogens (tertiary/aromatic N) is 3. The van der Waals surface area contributed by atoms with Gasteiger partial charge in [-0.25, -0.2) is 0 Å². The Morgan fingerprint density at radius 1 is 1.35 bits per heavy atom. The van der Waals surface area contributed by atoms with E-state index in [0.29, 0.717) is 29.4 Å². The van der Waals surface area contributed by atoms with Crippen LogP contribution in [0.1, 0.15) is 12.8 Å². The molecule has 0 bridgehead atoms. The highest BCUT2D eigenvalue weighted by molar-refractivity contribution is 6.30. The molecule has 3 rings (SSSR count). The Morgan fingerprint density at radius 3 is 2.90 bits per heavy atom. The lowest BCUT2D eigenvalue weighted by Crippen LogP contribution is -2.48. The number of hydrogen-bond donors (Lipinski definition) is 1. The number of benzene rings is 1. The summed E-state index contributed by atoms with van der Waals surface area (Å²) in [4.78, 5) is 2.32. The second-order valence-corrected chi connectivity index (χ2v) is 5.53. The number of piperazine rings is 1. The van der Waals surface area contributed by atoms with E-state index in [1.807, 2.05) is 24.3 Å². The first-order valence-corrected chi connectivity index (χ1v) is 7.12. The molecule has 1 N–H and O–H groups in total. The third-order valence-corrected chi connectivity index (χ3v) is 3.62. The predicted molar refractivity (Wildman–Crippen MR) is 77.5 cm³/mol. The Bertz CT molecular complexity index is 569. The predicted octanol–water partition coefficient (Wildman–Crippen LogP) is 2.18. The van der Waals surface area contributed by atoms with Crippen LogP contribution < -0.4 is 5.32 Å². The summed E-state index contributed by atoms with van der Waals surface area (Å²) in [5, 5.41) is 12.3. The molecule has 6 heteroatoms. The van der Waals surface area contributed by atoms with E-state index in [-0.39, 0.29) is 0 Å². The van der Waals surface area contributed by atoms with Gasteiger partial charge in [0.1, 0.15) is 0 Å². The molecule has 1 aliphatic heterocycles. The Balaban J connectivity index is 1.69. The van der Waals surface area contributed by atoms with Crippen LogP contribution in [0.2, 0.25) is 5.02 Å². The molecule has 1 saturated heterocycles. The molecule has 1 aliphatic rings. The highest BCUT2D eigenvalue weighted by Crippen LogP contribution is 2.20. The molecule has 2 aromatic rings. The van der Waals surface area contributed by atoms with E-state index in [0.717, 1.165) is 25.2 Å². The van der Waals surface area contributed by atoms with Crippen molar-refractivity contribution in [1.82, 2.24) is 20.4 Å². The summed E-state index contributed by atoms with van der Waals surface area (Å²) < 4.78 is 5.72. The summed E-state index contributed by atoms with van der Waals surface area (Å²) in [6, 6.07) is 7.90. The fourth-order valence-electron chi connectivity index (χ4n) is 2.37. The highest BCUT2D eigenvalue weighted by atomic mass is 35.5. The van der Waals surface area contributed by atoms with E-state index in [9.17, 15) is 0 Å². The molecule has 20 heavy (non-hydrogen) atoms. The molecule has 1 aromatic carbocycles. The van der Waals surface area contributed by atoms with Gasteiger partial charge in [-0.2, -0.15) is 0 Å². The quantitative estimate of drug-likeness (QED) is 0.940. The maximum absolute atomic E-state index is 5.87. The highest BCUT2D eigenvalue weighted by Gasteiger charge is 2.18. The first-order chi connectivity index (χ1) is 9.70. The van der Waals surface area contributed by atoms with E-state index in [4.69, 9.17) is 16.0 Å². The minimum Gasteiger partial charge on any atom is -0.419 e. The van der Waals surface area contributed by atoms with E-state index in [1.54, 1.807) is 0 Å². The third kappa shape index (κ3) is 3.17. The zero-order valence-corrected chi connectivity index (χ0v) is 12.1. The summed E-state index contributed by atoms with van der Waals surface area (Å²) in [6.07, 6.45) is 0. The maximum atomic E-state index is 5.87. The molecule has 106 valence electrons. The normalized spacial score (nSPS) is 20.2. The first-order valence-electron chi connectivity index (χ1n) is 6.75. The van der Waals surface area contributed by atoms with Crippen LogP contribution in [-0.2, 0) is 6.54 Å². The van der Waals surface area contributed by atoms with Crippen molar-refractivity contribution < 1.29 is 4.42 Å². The average molecular weight is 293 g/mol. The summed E-state index contributed by atoms with van der Waals surface area (Å²) in [6.45, 7) is 5.88. The Hall–Kier alpha value is -1.43. The molecule has 1 aromatic heterocycles. The van der Waals surface area contributed by atoms with Gasteiger partial charge in [0, 0.05) is 36.3 Å². The molecule has 0 unspecified atom stereocenters. The average Bonchev–Trinajstić information content (AvgIpc) is 2.88. The Kier molecular flexibility index (Phi) is 4.00. The van der Waals surface area contributed by atoms with Gasteiger partial charge < -0.3 is 9.73 Å². The van der Waals surface area contributed by atoms with Crippen LogP contribution in [0, 0.1) is 0 Å². The lowest BCUT2D eigenvalue weighted by atomic mass is 10.2. The molecule has 0 aliphatic carbocycles. The molecule has 0 saturated carbocycles. The van der Waals surface area contributed by atoms with Crippen LogP contribution in [0.5, 0.6) is 0 Å². The van der Waals surface area contributed by atoms with Crippen molar-refractivity contribution in [2.75, 3.05) is 19.6 Å². The van der Waals surface area contributed by atoms with Crippen LogP contribution in [0.4, 0.5) is 0 Å². The van der Waals surface area contributed by atoms with E-state index in [2.05, 4.69) is 27.3 Å². The summed E-state index contributed by atoms with van der Waals surface area (Å²) in [5.74, 6) is 1.20. The van der Waals surface area contributed by atoms with Gasteiger partial charge in [0.05, 0.1) is 6.54 Å². The fourth-order valence-corrected chi connectivity index (χ4v) is 2.50. The van der Waals surface area contributed by atoms with E-state index < -0.39 is 0 Å². The molecule has 0 spiro atoms. The molecule has 5 nitrogen and oxygen atoms in total. The van der Waals surface area contributed by atoms with Crippen LogP contribution in [0.15, 0.2) is 28.7 Å². The van der Waals surface area contributed by atoms with Crippen molar-refractivity contribution in [3.8, 4) is 11.5 Å². The van der Waals surface area contributed by atoms with Crippen LogP contribution in [0.25, 0.3) is 11.5 Å².